The van der Waals surface area contributed by atoms with E-state index in [0.717, 1.165) is 32.7 Å². The van der Waals surface area contributed by atoms with Crippen molar-refractivity contribution in [2.45, 2.75) is 13.8 Å². The molecule has 7 nitrogen and oxygen atoms in total. The number of esters is 1. The number of likely N-dealkylation sites (N-methyl/N-ethyl adjacent to an activating group) is 1. The molecule has 1 amide bonds. The molecule has 0 atom stereocenters. The monoisotopic (exact) mass is 382 g/mol. The van der Waals surface area contributed by atoms with Gasteiger partial charge in [-0.25, -0.2) is 9.78 Å². The van der Waals surface area contributed by atoms with Crippen molar-refractivity contribution < 1.29 is 14.3 Å². The Kier molecular flexibility index (Phi) is 6.60. The second-order valence-corrected chi connectivity index (χ2v) is 6.55. The van der Waals surface area contributed by atoms with Crippen LogP contribution in [0.3, 0.4) is 0 Å². The third-order valence-corrected chi connectivity index (χ3v) is 4.80. The van der Waals surface area contributed by atoms with Crippen molar-refractivity contribution in [1.82, 2.24) is 14.8 Å². The Morgan fingerprint density at radius 2 is 1.86 bits per heavy atom. The van der Waals surface area contributed by atoms with Crippen molar-refractivity contribution in [3.63, 3.8) is 0 Å². The third kappa shape index (κ3) is 4.67. The molecule has 1 aromatic heterocycles. The maximum Gasteiger partial charge on any atom is 0.340 e. The number of carbonyl (C=O) groups excluding carboxylic acids is 2. The minimum atomic E-state index is -0.397. The predicted molar refractivity (Wildman–Crippen MR) is 108 cm³/mol. The number of hydrogen-bond donors (Lipinski definition) is 1. The van der Waals surface area contributed by atoms with E-state index >= 15 is 0 Å². The molecular weight excluding hydrogens is 356 g/mol. The number of carbonyl (C=O) groups is 2. The normalized spacial score (nSPS) is 14.6. The van der Waals surface area contributed by atoms with E-state index in [0.29, 0.717) is 29.2 Å². The lowest BCUT2D eigenvalue weighted by Crippen LogP contribution is -2.48. The number of amides is 1. The zero-order valence-corrected chi connectivity index (χ0v) is 16.4. The second kappa shape index (κ2) is 9.32. The Bertz CT molecular complexity index is 832. The van der Waals surface area contributed by atoms with Gasteiger partial charge in [0.15, 0.2) is 0 Å². The molecule has 1 aliphatic heterocycles. The van der Waals surface area contributed by atoms with Crippen LogP contribution in [0.2, 0.25) is 0 Å². The topological polar surface area (TPSA) is 74.8 Å². The molecule has 28 heavy (non-hydrogen) atoms. The van der Waals surface area contributed by atoms with Gasteiger partial charge in [0.25, 0.3) is 5.91 Å². The fourth-order valence-electron chi connectivity index (χ4n) is 3.20. The first-order chi connectivity index (χ1) is 13.6. The Morgan fingerprint density at radius 3 is 2.57 bits per heavy atom. The number of pyridine rings is 1. The number of piperazine rings is 1. The molecule has 0 saturated carbocycles. The van der Waals surface area contributed by atoms with E-state index in [2.05, 4.69) is 22.1 Å². The summed E-state index contributed by atoms with van der Waals surface area (Å²) in [5, 5.41) is 3.14. The lowest BCUT2D eigenvalue weighted by Gasteiger charge is -2.34. The molecule has 0 aliphatic carbocycles. The lowest BCUT2D eigenvalue weighted by molar-refractivity contribution is 0.0527. The summed E-state index contributed by atoms with van der Waals surface area (Å²) in [6, 6.07) is 10.5. The highest BCUT2D eigenvalue weighted by atomic mass is 16.5. The summed E-state index contributed by atoms with van der Waals surface area (Å²) < 4.78 is 5.10. The summed E-state index contributed by atoms with van der Waals surface area (Å²) in [6.07, 6.45) is 1.60. The largest absolute Gasteiger partial charge is 0.462 e. The van der Waals surface area contributed by atoms with E-state index in [-0.39, 0.29) is 5.91 Å². The standard InChI is InChI=1S/C21H26N4O3/c1-3-24-11-13-25(14-12-24)20(26)16-9-10-22-19(15-16)23-18-8-6-5-7-17(18)21(27)28-4-2/h5-10,15H,3-4,11-14H2,1-2H3,(H,22,23). The highest BCUT2D eigenvalue weighted by molar-refractivity contribution is 5.97. The van der Waals surface area contributed by atoms with Gasteiger partial charge in [-0.15, -0.1) is 0 Å². The van der Waals surface area contributed by atoms with Crippen LogP contribution in [-0.2, 0) is 4.74 Å². The molecule has 3 rings (SSSR count). The summed E-state index contributed by atoms with van der Waals surface area (Å²) >= 11 is 0. The average molecular weight is 382 g/mol. The number of benzene rings is 1. The molecule has 2 aromatic rings. The Labute approximate surface area is 165 Å². The highest BCUT2D eigenvalue weighted by Gasteiger charge is 2.22. The van der Waals surface area contributed by atoms with E-state index in [1.807, 2.05) is 11.0 Å². The molecule has 0 spiro atoms. The van der Waals surface area contributed by atoms with Crippen molar-refractivity contribution in [3.05, 3.63) is 53.7 Å². The van der Waals surface area contributed by atoms with Crippen molar-refractivity contribution >= 4 is 23.4 Å². The summed E-state index contributed by atoms with van der Waals surface area (Å²) in [4.78, 5) is 33.5. The van der Waals surface area contributed by atoms with Gasteiger partial charge in [-0.1, -0.05) is 19.1 Å². The number of aromatic nitrogens is 1. The Morgan fingerprint density at radius 1 is 1.11 bits per heavy atom. The van der Waals surface area contributed by atoms with Crippen molar-refractivity contribution in [3.8, 4) is 0 Å². The van der Waals surface area contributed by atoms with E-state index in [1.54, 1.807) is 43.5 Å². The van der Waals surface area contributed by atoms with Crippen LogP contribution in [0.4, 0.5) is 11.5 Å². The maximum atomic E-state index is 12.8. The van der Waals surface area contributed by atoms with Crippen LogP contribution >= 0.6 is 0 Å². The van der Waals surface area contributed by atoms with E-state index in [4.69, 9.17) is 4.74 Å². The molecular formula is C21H26N4O3. The summed E-state index contributed by atoms with van der Waals surface area (Å²) in [7, 11) is 0. The summed E-state index contributed by atoms with van der Waals surface area (Å²) in [5.41, 5.74) is 1.60. The van der Waals surface area contributed by atoms with Crippen LogP contribution in [0.25, 0.3) is 0 Å². The number of anilines is 2. The zero-order chi connectivity index (χ0) is 19.9. The van der Waals surface area contributed by atoms with Crippen molar-refractivity contribution in [2.24, 2.45) is 0 Å². The van der Waals surface area contributed by atoms with Gasteiger partial charge in [0.2, 0.25) is 0 Å². The van der Waals surface area contributed by atoms with Gasteiger partial charge in [-0.05, 0) is 37.7 Å². The minimum absolute atomic E-state index is 0.000110. The summed E-state index contributed by atoms with van der Waals surface area (Å²) in [5.74, 6) is 0.112. The first-order valence-electron chi connectivity index (χ1n) is 9.63. The number of rotatable bonds is 6. The van der Waals surface area contributed by atoms with E-state index in [9.17, 15) is 9.59 Å². The van der Waals surface area contributed by atoms with Crippen molar-refractivity contribution in [2.75, 3.05) is 44.6 Å². The molecule has 7 heteroatoms. The molecule has 1 saturated heterocycles. The van der Waals surface area contributed by atoms with Gasteiger partial charge in [0.05, 0.1) is 17.9 Å². The van der Waals surface area contributed by atoms with E-state index < -0.39 is 5.97 Å². The Balaban J connectivity index is 1.74. The molecule has 1 fully saturated rings. The lowest BCUT2D eigenvalue weighted by atomic mass is 10.1. The number of nitrogens with one attached hydrogen (secondary N) is 1. The van der Waals surface area contributed by atoms with Gasteiger partial charge in [-0.3, -0.25) is 4.79 Å². The molecule has 0 radical (unpaired) electrons. The predicted octanol–water partition coefficient (Wildman–Crippen LogP) is 2.78. The first kappa shape index (κ1) is 19.8. The number of para-hydroxylation sites is 1. The van der Waals surface area contributed by atoms with Gasteiger partial charge in [0.1, 0.15) is 5.82 Å². The molecule has 2 heterocycles. The number of ether oxygens (including phenoxy) is 1. The van der Waals surface area contributed by atoms with E-state index in [1.165, 1.54) is 0 Å². The smallest absolute Gasteiger partial charge is 0.340 e. The molecule has 148 valence electrons. The number of nitrogens with zero attached hydrogens (tertiary/aromatic N) is 3. The maximum absolute atomic E-state index is 12.8. The van der Waals surface area contributed by atoms with Gasteiger partial charge in [0, 0.05) is 37.9 Å². The quantitative estimate of drug-likeness (QED) is 0.775. The van der Waals surface area contributed by atoms with Crippen LogP contribution in [0.15, 0.2) is 42.6 Å². The Hall–Kier alpha value is -2.93. The van der Waals surface area contributed by atoms with Gasteiger partial charge in [-0.2, -0.15) is 0 Å². The second-order valence-electron chi connectivity index (χ2n) is 6.55. The first-order valence-corrected chi connectivity index (χ1v) is 9.63. The molecule has 0 bridgehead atoms. The summed E-state index contributed by atoms with van der Waals surface area (Å²) in [6.45, 7) is 8.45. The average Bonchev–Trinajstić information content (AvgIpc) is 2.74. The van der Waals surface area contributed by atoms with Gasteiger partial charge < -0.3 is 19.9 Å². The van der Waals surface area contributed by atoms with Crippen LogP contribution in [0.5, 0.6) is 0 Å². The molecule has 1 N–H and O–H groups in total. The highest BCUT2D eigenvalue weighted by Crippen LogP contribution is 2.21. The fraction of sp³-hybridized carbons (Fsp3) is 0.381. The molecule has 1 aromatic carbocycles. The number of hydrogen-bond acceptors (Lipinski definition) is 6. The van der Waals surface area contributed by atoms with Crippen LogP contribution < -0.4 is 5.32 Å². The molecule has 1 aliphatic rings. The van der Waals surface area contributed by atoms with Crippen LogP contribution in [-0.4, -0.2) is 66.0 Å². The third-order valence-electron chi connectivity index (χ3n) is 4.80. The SMILES string of the molecule is CCOC(=O)c1ccccc1Nc1cc(C(=O)N2CCN(CC)CC2)ccn1. The van der Waals surface area contributed by atoms with Crippen molar-refractivity contribution in [1.29, 1.82) is 0 Å². The zero-order valence-electron chi connectivity index (χ0n) is 16.4. The van der Waals surface area contributed by atoms with Crippen LogP contribution in [0.1, 0.15) is 34.6 Å². The minimum Gasteiger partial charge on any atom is -0.462 e. The van der Waals surface area contributed by atoms with Crippen LogP contribution in [0, 0.1) is 0 Å². The van der Waals surface area contributed by atoms with Gasteiger partial charge >= 0.3 is 5.97 Å². The fourth-order valence-corrected chi connectivity index (χ4v) is 3.20. The molecule has 0 unspecified atom stereocenters.